The first-order valence-electron chi connectivity index (χ1n) is 5.43. The van der Waals surface area contributed by atoms with E-state index in [0.717, 1.165) is 12.3 Å². The Hall–Kier alpha value is -0.0400. The van der Waals surface area contributed by atoms with Crippen molar-refractivity contribution in [3.05, 3.63) is 0 Å². The molecule has 6 heteroatoms. The fourth-order valence-electron chi connectivity index (χ4n) is 0.318. The second-order valence-corrected chi connectivity index (χ2v) is 3.12. The van der Waals surface area contributed by atoms with Gasteiger partial charge < -0.3 is 9.84 Å². The maximum absolute atomic E-state index is 10.3. The van der Waals surface area contributed by atoms with E-state index in [0.29, 0.717) is 13.0 Å². The molecule has 0 saturated carbocycles. The predicted octanol–water partition coefficient (Wildman–Crippen LogP) is 3.69. The third-order valence-electron chi connectivity index (χ3n) is 1.06. The molecule has 0 aliphatic carbocycles. The summed E-state index contributed by atoms with van der Waals surface area (Å²) >= 11 is 5.00. The number of esters is 1. The van der Waals surface area contributed by atoms with Crippen LogP contribution in [0.15, 0.2) is 0 Å². The van der Waals surface area contributed by atoms with Gasteiger partial charge in [0.1, 0.15) is 0 Å². The van der Waals surface area contributed by atoms with Gasteiger partial charge in [-0.1, -0.05) is 27.7 Å². The van der Waals surface area contributed by atoms with E-state index in [1.54, 1.807) is 13.8 Å². The molecule has 0 aliphatic rings. The van der Waals surface area contributed by atoms with Gasteiger partial charge in [-0.2, -0.15) is 0 Å². The minimum Gasteiger partial charge on any atom is -0.481 e. The van der Waals surface area contributed by atoms with E-state index < -0.39 is 5.97 Å². The largest absolute Gasteiger partial charge is 0.481 e. The van der Waals surface area contributed by atoms with Crippen LogP contribution in [0.3, 0.4) is 0 Å². The number of carboxylic acid groups (broad SMARTS) is 1. The molecular weight excluding hydrogens is 358 g/mol. The van der Waals surface area contributed by atoms with Crippen LogP contribution in [0.4, 0.5) is 0 Å². The Balaban J connectivity index is -0.0000000815. The summed E-state index contributed by atoms with van der Waals surface area (Å²) in [5, 5.41) is 7.72. The third-order valence-corrected chi connectivity index (χ3v) is 1.06. The number of ether oxygens (including phenoxy) is 1. The molecule has 0 spiro atoms. The molecule has 0 saturated heterocycles. The fourth-order valence-corrected chi connectivity index (χ4v) is 0.318. The summed E-state index contributed by atoms with van der Waals surface area (Å²) in [6, 6.07) is 0. The van der Waals surface area contributed by atoms with Crippen molar-refractivity contribution in [3.8, 4) is 0 Å². The van der Waals surface area contributed by atoms with Crippen molar-refractivity contribution in [2.45, 2.75) is 47.0 Å². The lowest BCUT2D eigenvalue weighted by atomic mass is 10.5. The van der Waals surface area contributed by atoms with Crippen LogP contribution in [0.5, 0.6) is 0 Å². The van der Waals surface area contributed by atoms with E-state index in [2.05, 4.69) is 0 Å². The van der Waals surface area contributed by atoms with Crippen molar-refractivity contribution in [3.63, 3.8) is 0 Å². The summed E-state index contributed by atoms with van der Waals surface area (Å²) in [5.41, 5.74) is 0. The smallest absolute Gasteiger partial charge is 0.305 e. The number of carboxylic acids is 1. The van der Waals surface area contributed by atoms with Crippen molar-refractivity contribution < 1.29 is 19.4 Å². The molecule has 0 fully saturated rings. The van der Waals surface area contributed by atoms with Crippen molar-refractivity contribution >= 4 is 47.5 Å². The van der Waals surface area contributed by atoms with Crippen molar-refractivity contribution in [1.29, 1.82) is 0 Å². The van der Waals surface area contributed by atoms with Crippen LogP contribution in [0.2, 0.25) is 0 Å². The van der Waals surface area contributed by atoms with Crippen LogP contribution in [0, 0.1) is 0 Å². The molecule has 0 rings (SSSR count). The topological polar surface area (TPSA) is 63.6 Å². The zero-order valence-electron chi connectivity index (χ0n) is 11.0. The Morgan fingerprint density at radius 2 is 1.47 bits per heavy atom. The number of carbonyl (C=O) groups is 2. The molecule has 0 aromatic rings. The monoisotopic (exact) mass is 382 g/mol. The molecule has 106 valence electrons. The average Bonchev–Trinajstić information content (AvgIpc) is 2.27. The molecule has 0 aliphatic heterocycles. The van der Waals surface area contributed by atoms with Crippen LogP contribution in [0.1, 0.15) is 47.0 Å². The van der Waals surface area contributed by atoms with Gasteiger partial charge in [-0.25, -0.2) is 0 Å². The van der Waals surface area contributed by atoms with Gasteiger partial charge in [0, 0.05) is 18.7 Å². The summed E-state index contributed by atoms with van der Waals surface area (Å²) in [6.45, 7) is 7.82. The molecule has 0 amide bonds. The van der Waals surface area contributed by atoms with Gasteiger partial charge in [0.2, 0.25) is 0 Å². The molecule has 0 radical (unpaired) electrons. The lowest BCUT2D eigenvalue weighted by molar-refractivity contribution is -0.143. The molecule has 0 atom stereocenters. The number of aliphatic carboxylic acids is 1. The van der Waals surface area contributed by atoms with E-state index in [4.69, 9.17) is 21.4 Å². The highest BCUT2D eigenvalue weighted by molar-refractivity contribution is 14.0. The summed E-state index contributed by atoms with van der Waals surface area (Å²) in [5.74, 6) is -0.128. The minimum atomic E-state index is -0.745. The van der Waals surface area contributed by atoms with Crippen LogP contribution in [0.25, 0.3) is 0 Å². The van der Waals surface area contributed by atoms with Crippen LogP contribution < -0.4 is 0 Å². The number of carbonyl (C=O) groups excluding carboxylic acids is 1. The van der Waals surface area contributed by atoms with E-state index in [1.165, 1.54) is 0 Å². The second kappa shape index (κ2) is 25.0. The van der Waals surface area contributed by atoms with Crippen molar-refractivity contribution in [2.75, 3.05) is 12.5 Å². The maximum Gasteiger partial charge on any atom is 0.305 e. The standard InChI is InChI=1S/C6H12O2.C3H6O2.C2H5Cl.HI/c1-3-5-8-6(7)4-2;1-2-3(4)5;1-2-3;/h3-5H2,1-2H3;2H2,1H3,(H,4,5);2H2,1H3;1H. The molecule has 17 heavy (non-hydrogen) atoms. The SMILES string of the molecule is CCC(=O)O.CCCOC(=O)CC.CCCl.I. The molecule has 0 unspecified atom stereocenters. The van der Waals surface area contributed by atoms with E-state index in [9.17, 15) is 9.59 Å². The number of hydrogen-bond acceptors (Lipinski definition) is 3. The average molecular weight is 383 g/mol. The zero-order chi connectivity index (χ0) is 13.4. The Bertz CT molecular complexity index is 166. The summed E-state index contributed by atoms with van der Waals surface area (Å²) in [4.78, 5) is 19.7. The molecule has 0 aromatic heterocycles. The molecule has 4 nitrogen and oxygen atoms in total. The van der Waals surface area contributed by atoms with E-state index in [1.807, 2.05) is 13.8 Å². The Morgan fingerprint density at radius 1 is 1.12 bits per heavy atom. The zero-order valence-corrected chi connectivity index (χ0v) is 14.1. The van der Waals surface area contributed by atoms with Gasteiger partial charge >= 0.3 is 11.9 Å². The van der Waals surface area contributed by atoms with E-state index in [-0.39, 0.29) is 36.4 Å². The quantitative estimate of drug-likeness (QED) is 0.457. The summed E-state index contributed by atoms with van der Waals surface area (Å²) in [7, 11) is 0. The lowest BCUT2D eigenvalue weighted by Gasteiger charge is -1.97. The highest BCUT2D eigenvalue weighted by atomic mass is 127. The third kappa shape index (κ3) is 49.1. The molecule has 0 aromatic carbocycles. The van der Waals surface area contributed by atoms with Crippen LogP contribution in [-0.4, -0.2) is 29.5 Å². The highest BCUT2D eigenvalue weighted by Gasteiger charge is 1.93. The van der Waals surface area contributed by atoms with Crippen molar-refractivity contribution in [2.24, 2.45) is 0 Å². The van der Waals surface area contributed by atoms with Gasteiger partial charge in [0.15, 0.2) is 0 Å². The number of rotatable bonds is 4. The van der Waals surface area contributed by atoms with Gasteiger partial charge in [-0.3, -0.25) is 9.59 Å². The Labute approximate surface area is 126 Å². The first-order valence-corrected chi connectivity index (χ1v) is 5.96. The first kappa shape index (κ1) is 25.7. The first-order chi connectivity index (χ1) is 7.49. The second-order valence-electron chi connectivity index (χ2n) is 2.59. The summed E-state index contributed by atoms with van der Waals surface area (Å²) < 4.78 is 4.70. The molecule has 0 bridgehead atoms. The van der Waals surface area contributed by atoms with Gasteiger partial charge in [0.25, 0.3) is 0 Å². The number of halogens is 2. The van der Waals surface area contributed by atoms with Crippen LogP contribution >= 0.6 is 35.6 Å². The molecule has 0 heterocycles. The normalized spacial score (nSPS) is 7.35. The summed E-state index contributed by atoms with van der Waals surface area (Å²) in [6.07, 6.45) is 1.62. The Morgan fingerprint density at radius 3 is 1.65 bits per heavy atom. The number of alkyl halides is 1. The molecule has 1 N–H and O–H groups in total. The number of hydrogen-bond donors (Lipinski definition) is 1. The predicted molar refractivity (Wildman–Crippen MR) is 81.3 cm³/mol. The highest BCUT2D eigenvalue weighted by Crippen LogP contribution is 1.85. The van der Waals surface area contributed by atoms with Gasteiger partial charge in [-0.05, 0) is 6.42 Å². The minimum absolute atomic E-state index is 0. The van der Waals surface area contributed by atoms with Crippen LogP contribution in [-0.2, 0) is 14.3 Å². The maximum atomic E-state index is 10.3. The molecular formula is C11H24ClIO4. The van der Waals surface area contributed by atoms with E-state index >= 15 is 0 Å². The van der Waals surface area contributed by atoms with Crippen molar-refractivity contribution in [1.82, 2.24) is 0 Å². The van der Waals surface area contributed by atoms with Gasteiger partial charge in [-0.15, -0.1) is 35.6 Å². The van der Waals surface area contributed by atoms with Gasteiger partial charge in [0.05, 0.1) is 6.61 Å². The lowest BCUT2D eigenvalue weighted by Crippen LogP contribution is -2.02. The Kier molecular flexibility index (Phi) is 37.8. The fraction of sp³-hybridized carbons (Fsp3) is 0.818.